The summed E-state index contributed by atoms with van der Waals surface area (Å²) < 4.78 is 7.33. The largest absolute Gasteiger partial charge is 0.452 e. The monoisotopic (exact) mass is 405 g/mol. The highest BCUT2D eigenvalue weighted by atomic mass is 16.5. The molecule has 0 aliphatic heterocycles. The number of ether oxygens (including phenoxy) is 1. The second-order valence-corrected chi connectivity index (χ2v) is 7.24. The summed E-state index contributed by atoms with van der Waals surface area (Å²) in [5.41, 5.74) is 1.63. The third-order valence-corrected chi connectivity index (χ3v) is 5.09. The van der Waals surface area contributed by atoms with E-state index in [2.05, 4.69) is 17.3 Å². The number of hydrogen-bond donors (Lipinski definition) is 1. The fraction of sp³-hybridized carbons (Fsp3) is 0.292. The van der Waals surface area contributed by atoms with Gasteiger partial charge in [0, 0.05) is 6.07 Å². The topological polar surface area (TPSA) is 73.2 Å². The minimum Gasteiger partial charge on any atom is -0.452 e. The van der Waals surface area contributed by atoms with Crippen molar-refractivity contribution in [2.24, 2.45) is 0 Å². The molecule has 0 spiro atoms. The van der Waals surface area contributed by atoms with E-state index in [1.807, 2.05) is 67.6 Å². The number of nitrogens with one attached hydrogen (secondary N) is 1. The minimum absolute atomic E-state index is 0.147. The van der Waals surface area contributed by atoms with E-state index in [4.69, 9.17) is 4.74 Å². The molecule has 3 rings (SSSR count). The molecule has 156 valence electrons. The molecular formula is C24H27N3O3. The van der Waals surface area contributed by atoms with Gasteiger partial charge in [0.25, 0.3) is 5.91 Å². The zero-order valence-electron chi connectivity index (χ0n) is 17.5. The lowest BCUT2D eigenvalue weighted by atomic mass is 9.91. The van der Waals surface area contributed by atoms with Crippen LogP contribution in [-0.4, -0.2) is 27.8 Å². The van der Waals surface area contributed by atoms with E-state index in [-0.39, 0.29) is 6.04 Å². The number of anilines is 1. The van der Waals surface area contributed by atoms with Crippen molar-refractivity contribution in [2.75, 3.05) is 5.32 Å². The van der Waals surface area contributed by atoms with Crippen LogP contribution in [0.3, 0.4) is 0 Å². The molecule has 0 aliphatic rings. The summed E-state index contributed by atoms with van der Waals surface area (Å²) >= 11 is 0. The van der Waals surface area contributed by atoms with Gasteiger partial charge >= 0.3 is 5.97 Å². The summed E-state index contributed by atoms with van der Waals surface area (Å²) in [6.45, 7) is 5.65. The summed E-state index contributed by atoms with van der Waals surface area (Å²) in [4.78, 5) is 25.7. The summed E-state index contributed by atoms with van der Waals surface area (Å²) in [5.74, 6) is -0.882. The second-order valence-electron chi connectivity index (χ2n) is 7.24. The molecule has 1 aromatic heterocycles. The van der Waals surface area contributed by atoms with E-state index in [1.165, 1.54) is 0 Å². The van der Waals surface area contributed by atoms with Crippen LogP contribution in [0.25, 0.3) is 0 Å². The molecule has 0 radical (unpaired) electrons. The van der Waals surface area contributed by atoms with Gasteiger partial charge in [0.2, 0.25) is 0 Å². The average molecular weight is 405 g/mol. The van der Waals surface area contributed by atoms with E-state index >= 15 is 0 Å². The first-order chi connectivity index (χ1) is 14.5. The van der Waals surface area contributed by atoms with Gasteiger partial charge in [0.05, 0.1) is 12.2 Å². The Hall–Kier alpha value is -3.41. The minimum atomic E-state index is -0.951. The molecule has 0 fully saturated rings. The Balaban J connectivity index is 1.74. The third kappa shape index (κ3) is 4.95. The number of hydrogen-bond acceptors (Lipinski definition) is 4. The number of carbonyl (C=O) groups is 2. The van der Waals surface area contributed by atoms with Crippen LogP contribution in [0.15, 0.2) is 72.9 Å². The van der Waals surface area contributed by atoms with Gasteiger partial charge in [0.15, 0.2) is 6.10 Å². The predicted octanol–water partition coefficient (Wildman–Crippen LogP) is 4.56. The molecule has 0 saturated carbocycles. The number of amides is 1. The van der Waals surface area contributed by atoms with E-state index < -0.39 is 23.9 Å². The second kappa shape index (κ2) is 9.87. The lowest BCUT2D eigenvalue weighted by Gasteiger charge is -2.21. The molecule has 0 unspecified atom stereocenters. The molecule has 1 heterocycles. The van der Waals surface area contributed by atoms with Gasteiger partial charge < -0.3 is 10.1 Å². The highest BCUT2D eigenvalue weighted by Crippen LogP contribution is 2.26. The van der Waals surface area contributed by atoms with Crippen molar-refractivity contribution >= 4 is 17.7 Å². The fourth-order valence-electron chi connectivity index (χ4n) is 3.22. The quantitative estimate of drug-likeness (QED) is 0.558. The van der Waals surface area contributed by atoms with Gasteiger partial charge in [-0.3, -0.25) is 9.59 Å². The van der Waals surface area contributed by atoms with Gasteiger partial charge in [-0.25, -0.2) is 4.68 Å². The standard InChI is InChI=1S/C24H27N3O3/c1-4-17(2)27-21(15-16-25-27)26-23(28)18(3)30-24(29)22(19-11-7-5-8-12-19)20-13-9-6-10-14-20/h5-18,22H,4H2,1-3H3,(H,26,28)/t17-,18-/m1/s1. The van der Waals surface area contributed by atoms with Crippen molar-refractivity contribution in [1.29, 1.82) is 0 Å². The number of rotatable bonds is 8. The van der Waals surface area contributed by atoms with Crippen LogP contribution in [0.2, 0.25) is 0 Å². The number of esters is 1. The Labute approximate surface area is 176 Å². The van der Waals surface area contributed by atoms with Crippen molar-refractivity contribution in [3.63, 3.8) is 0 Å². The smallest absolute Gasteiger partial charge is 0.318 e. The first kappa shape index (κ1) is 21.3. The van der Waals surface area contributed by atoms with Crippen LogP contribution in [0.4, 0.5) is 5.82 Å². The number of nitrogens with zero attached hydrogens (tertiary/aromatic N) is 2. The Morgan fingerprint density at radius 2 is 1.53 bits per heavy atom. The molecule has 0 aliphatic carbocycles. The van der Waals surface area contributed by atoms with Crippen molar-refractivity contribution in [2.45, 2.75) is 45.3 Å². The maximum atomic E-state index is 13.1. The molecule has 2 atom stereocenters. The van der Waals surface area contributed by atoms with Crippen molar-refractivity contribution in [1.82, 2.24) is 9.78 Å². The number of benzene rings is 2. The summed E-state index contributed by atoms with van der Waals surface area (Å²) in [7, 11) is 0. The molecule has 0 saturated heterocycles. The van der Waals surface area contributed by atoms with Gasteiger partial charge in [-0.2, -0.15) is 5.10 Å². The van der Waals surface area contributed by atoms with E-state index in [0.29, 0.717) is 5.82 Å². The number of carbonyl (C=O) groups excluding carboxylic acids is 2. The van der Waals surface area contributed by atoms with Crippen molar-refractivity contribution in [3.8, 4) is 0 Å². The van der Waals surface area contributed by atoms with Gasteiger partial charge in [-0.05, 0) is 31.4 Å². The highest BCUT2D eigenvalue weighted by molar-refractivity contribution is 5.95. The molecular weight excluding hydrogens is 378 g/mol. The highest BCUT2D eigenvalue weighted by Gasteiger charge is 2.28. The molecule has 2 aromatic carbocycles. The lowest BCUT2D eigenvalue weighted by molar-refractivity contribution is -0.153. The molecule has 0 bridgehead atoms. The molecule has 6 heteroatoms. The van der Waals surface area contributed by atoms with Gasteiger partial charge in [-0.1, -0.05) is 67.6 Å². The van der Waals surface area contributed by atoms with Crippen LogP contribution in [0.1, 0.15) is 50.3 Å². The molecule has 30 heavy (non-hydrogen) atoms. The Bertz CT molecular complexity index is 930. The van der Waals surface area contributed by atoms with Crippen LogP contribution in [0.5, 0.6) is 0 Å². The van der Waals surface area contributed by atoms with Crippen molar-refractivity contribution in [3.05, 3.63) is 84.1 Å². The molecule has 1 N–H and O–H groups in total. The van der Waals surface area contributed by atoms with Crippen LogP contribution in [0, 0.1) is 0 Å². The summed E-state index contributed by atoms with van der Waals surface area (Å²) in [6.07, 6.45) is 1.57. The Kier molecular flexibility index (Phi) is 7.01. The zero-order chi connectivity index (χ0) is 21.5. The van der Waals surface area contributed by atoms with E-state index in [1.54, 1.807) is 23.9 Å². The first-order valence-corrected chi connectivity index (χ1v) is 10.2. The molecule has 6 nitrogen and oxygen atoms in total. The maximum Gasteiger partial charge on any atom is 0.318 e. The first-order valence-electron chi connectivity index (χ1n) is 10.2. The van der Waals surface area contributed by atoms with E-state index in [9.17, 15) is 9.59 Å². The van der Waals surface area contributed by atoms with Crippen molar-refractivity contribution < 1.29 is 14.3 Å². The van der Waals surface area contributed by atoms with Gasteiger partial charge in [-0.15, -0.1) is 0 Å². The maximum absolute atomic E-state index is 13.1. The van der Waals surface area contributed by atoms with E-state index in [0.717, 1.165) is 17.5 Å². The fourth-order valence-corrected chi connectivity index (χ4v) is 3.22. The van der Waals surface area contributed by atoms with Crippen LogP contribution in [-0.2, 0) is 14.3 Å². The predicted molar refractivity (Wildman–Crippen MR) is 116 cm³/mol. The summed E-state index contributed by atoms with van der Waals surface area (Å²) in [6, 6.07) is 20.7. The lowest BCUT2D eigenvalue weighted by Crippen LogP contribution is -2.33. The third-order valence-electron chi connectivity index (χ3n) is 5.09. The molecule has 1 amide bonds. The average Bonchev–Trinajstić information content (AvgIpc) is 3.23. The van der Waals surface area contributed by atoms with Gasteiger partial charge in [0.1, 0.15) is 11.7 Å². The zero-order valence-corrected chi connectivity index (χ0v) is 17.5. The SMILES string of the molecule is CC[C@@H](C)n1nccc1NC(=O)[C@@H](C)OC(=O)C(c1ccccc1)c1ccccc1. The normalized spacial score (nSPS) is 12.9. The Morgan fingerprint density at radius 3 is 2.07 bits per heavy atom. The number of aromatic nitrogens is 2. The Morgan fingerprint density at radius 1 is 0.967 bits per heavy atom. The van der Waals surface area contributed by atoms with Crippen LogP contribution >= 0.6 is 0 Å². The molecule has 3 aromatic rings. The summed E-state index contributed by atoms with van der Waals surface area (Å²) in [5, 5.41) is 7.08. The van der Waals surface area contributed by atoms with Crippen LogP contribution < -0.4 is 5.32 Å².